The number of aromatic nitrogens is 3. The van der Waals surface area contributed by atoms with E-state index in [9.17, 15) is 4.79 Å². The van der Waals surface area contributed by atoms with Gasteiger partial charge in [0.1, 0.15) is 11.8 Å². The molecule has 4 aromatic rings. The lowest BCUT2D eigenvalue weighted by molar-refractivity contribution is 0.0736. The molecule has 1 fully saturated rings. The van der Waals surface area contributed by atoms with Gasteiger partial charge in [0.2, 0.25) is 0 Å². The third-order valence-electron chi connectivity index (χ3n) is 5.59. The molecule has 8 heteroatoms. The van der Waals surface area contributed by atoms with E-state index in [2.05, 4.69) is 26.7 Å². The Morgan fingerprint density at radius 1 is 0.970 bits per heavy atom. The van der Waals surface area contributed by atoms with Crippen molar-refractivity contribution < 1.29 is 4.79 Å². The first-order valence-corrected chi connectivity index (χ1v) is 10.7. The number of amides is 1. The van der Waals surface area contributed by atoms with Crippen molar-refractivity contribution in [3.63, 3.8) is 0 Å². The Kier molecular flexibility index (Phi) is 5.62. The molecule has 0 aliphatic carbocycles. The molecule has 162 valence electrons. The molecule has 1 saturated heterocycles. The van der Waals surface area contributed by atoms with Crippen LogP contribution in [0.3, 0.4) is 0 Å². The van der Waals surface area contributed by atoms with Gasteiger partial charge in [-0.05, 0) is 48.5 Å². The highest BCUT2D eigenvalue weighted by atomic mass is 16.2. The molecule has 1 amide bonds. The van der Waals surface area contributed by atoms with E-state index in [4.69, 9.17) is 10.2 Å². The predicted octanol–water partition coefficient (Wildman–Crippen LogP) is 3.35. The van der Waals surface area contributed by atoms with Gasteiger partial charge in [-0.1, -0.05) is 12.1 Å². The topological polar surface area (TPSA) is 107 Å². The van der Waals surface area contributed by atoms with Crippen molar-refractivity contribution in [2.75, 3.05) is 31.5 Å². The fraction of sp³-hybridized carbons (Fsp3) is 0.160. The van der Waals surface area contributed by atoms with E-state index in [1.54, 1.807) is 12.1 Å². The van der Waals surface area contributed by atoms with Crippen molar-refractivity contribution in [3.8, 4) is 17.3 Å². The summed E-state index contributed by atoms with van der Waals surface area (Å²) in [6, 6.07) is 20.6. The Hall–Kier alpha value is -4.35. The molecule has 2 aromatic carbocycles. The first-order valence-electron chi connectivity index (χ1n) is 10.7. The largest absolute Gasteiger partial charge is 0.338 e. The molecule has 0 unspecified atom stereocenters. The second kappa shape index (κ2) is 9.02. The van der Waals surface area contributed by atoms with Gasteiger partial charge in [-0.2, -0.15) is 5.26 Å². The lowest BCUT2D eigenvalue weighted by atomic mass is 10.1. The normalized spacial score (nSPS) is 13.5. The monoisotopic (exact) mass is 435 g/mol. The number of hydrogen-bond acceptors (Lipinski definition) is 7. The van der Waals surface area contributed by atoms with E-state index in [1.165, 1.54) is 6.33 Å². The number of benzene rings is 2. The third kappa shape index (κ3) is 4.35. The Labute approximate surface area is 190 Å². The molecular formula is C25H21N7O. The van der Waals surface area contributed by atoms with Gasteiger partial charge in [-0.25, -0.2) is 15.0 Å². The Bertz CT molecular complexity index is 1340. The van der Waals surface area contributed by atoms with Crippen LogP contribution >= 0.6 is 0 Å². The Balaban J connectivity index is 1.42. The van der Waals surface area contributed by atoms with Gasteiger partial charge >= 0.3 is 0 Å². The minimum atomic E-state index is 0.0526. The minimum absolute atomic E-state index is 0.0526. The van der Waals surface area contributed by atoms with Crippen molar-refractivity contribution in [2.24, 2.45) is 0 Å². The van der Waals surface area contributed by atoms with Crippen LogP contribution < -0.4 is 10.6 Å². The smallest absolute Gasteiger partial charge is 0.253 e. The van der Waals surface area contributed by atoms with Crippen LogP contribution in [0.15, 0.2) is 67.0 Å². The molecule has 0 saturated carbocycles. The summed E-state index contributed by atoms with van der Waals surface area (Å²) in [5, 5.41) is 15.5. The Morgan fingerprint density at radius 3 is 2.45 bits per heavy atom. The molecule has 0 bridgehead atoms. The summed E-state index contributed by atoms with van der Waals surface area (Å²) in [6.45, 7) is 3.10. The maximum Gasteiger partial charge on any atom is 0.253 e. The van der Waals surface area contributed by atoms with Crippen LogP contribution in [-0.4, -0.2) is 51.9 Å². The molecule has 2 N–H and O–H groups in total. The van der Waals surface area contributed by atoms with Crippen LogP contribution in [0.5, 0.6) is 0 Å². The van der Waals surface area contributed by atoms with Crippen molar-refractivity contribution in [1.29, 1.82) is 5.26 Å². The molecule has 2 aromatic heterocycles. The first kappa shape index (κ1) is 20.5. The highest BCUT2D eigenvalue weighted by Gasteiger charge is 2.18. The summed E-state index contributed by atoms with van der Waals surface area (Å²) in [5.41, 5.74) is 5.09. The van der Waals surface area contributed by atoms with Gasteiger partial charge in [-0.15, -0.1) is 0 Å². The first-order chi connectivity index (χ1) is 16.2. The number of carbonyl (C=O) groups is 1. The average Bonchev–Trinajstić information content (AvgIpc) is 2.89. The Morgan fingerprint density at radius 2 is 1.73 bits per heavy atom. The average molecular weight is 435 g/mol. The molecule has 1 aliphatic heterocycles. The maximum atomic E-state index is 12.7. The van der Waals surface area contributed by atoms with Gasteiger partial charge in [0.25, 0.3) is 5.91 Å². The summed E-state index contributed by atoms with van der Waals surface area (Å²) >= 11 is 0. The molecular weight excluding hydrogens is 414 g/mol. The molecule has 0 spiro atoms. The number of carbonyl (C=O) groups excluding carboxylic acids is 1. The van der Waals surface area contributed by atoms with Gasteiger partial charge in [0.15, 0.2) is 5.82 Å². The second-order valence-electron chi connectivity index (χ2n) is 7.72. The number of nitrogens with zero attached hydrogens (tertiary/aromatic N) is 5. The van der Waals surface area contributed by atoms with Crippen LogP contribution in [0.1, 0.15) is 15.9 Å². The van der Waals surface area contributed by atoms with Crippen molar-refractivity contribution in [3.05, 3.63) is 78.1 Å². The van der Waals surface area contributed by atoms with Crippen molar-refractivity contribution in [2.45, 2.75) is 0 Å². The quantitative estimate of drug-likeness (QED) is 0.506. The van der Waals surface area contributed by atoms with E-state index in [1.807, 2.05) is 53.4 Å². The zero-order valence-corrected chi connectivity index (χ0v) is 17.8. The maximum absolute atomic E-state index is 12.7. The lowest BCUT2D eigenvalue weighted by Crippen LogP contribution is -2.46. The van der Waals surface area contributed by atoms with Crippen LogP contribution in [-0.2, 0) is 0 Å². The number of fused-ring (bicyclic) bond motifs is 1. The number of nitriles is 1. The molecule has 3 heterocycles. The summed E-state index contributed by atoms with van der Waals surface area (Å²) in [5.74, 6) is 0.633. The third-order valence-corrected chi connectivity index (χ3v) is 5.59. The standard InChI is InChI=1S/C25H21N7O/c26-15-17-1-7-20(8-2-17)30-24-23-22(28-16-29-24)10-9-21(31-23)18-3-5-19(6-4-18)25(33)32-13-11-27-12-14-32/h1-10,16,27H,11-14H2,(H,28,29,30). The number of piperazine rings is 1. The molecule has 8 nitrogen and oxygen atoms in total. The molecule has 5 rings (SSSR count). The summed E-state index contributed by atoms with van der Waals surface area (Å²) in [4.78, 5) is 28.1. The number of anilines is 2. The minimum Gasteiger partial charge on any atom is -0.338 e. The second-order valence-corrected chi connectivity index (χ2v) is 7.72. The van der Waals surface area contributed by atoms with Crippen LogP contribution in [0.2, 0.25) is 0 Å². The fourth-order valence-corrected chi connectivity index (χ4v) is 3.79. The zero-order valence-electron chi connectivity index (χ0n) is 17.8. The van der Waals surface area contributed by atoms with E-state index < -0.39 is 0 Å². The van der Waals surface area contributed by atoms with Crippen LogP contribution in [0.4, 0.5) is 11.5 Å². The summed E-state index contributed by atoms with van der Waals surface area (Å²) < 4.78 is 0. The molecule has 0 atom stereocenters. The van der Waals surface area contributed by atoms with Gasteiger partial charge in [0, 0.05) is 43.0 Å². The summed E-state index contributed by atoms with van der Waals surface area (Å²) in [6.07, 6.45) is 1.49. The van der Waals surface area contributed by atoms with E-state index >= 15 is 0 Å². The van der Waals surface area contributed by atoms with Gasteiger partial charge < -0.3 is 15.5 Å². The number of pyridine rings is 1. The molecule has 0 radical (unpaired) electrons. The van der Waals surface area contributed by atoms with Crippen LogP contribution in [0, 0.1) is 11.3 Å². The van der Waals surface area contributed by atoms with Gasteiger partial charge in [-0.3, -0.25) is 4.79 Å². The highest BCUT2D eigenvalue weighted by molar-refractivity contribution is 5.95. The van der Waals surface area contributed by atoms with Crippen LogP contribution in [0.25, 0.3) is 22.3 Å². The fourth-order valence-electron chi connectivity index (χ4n) is 3.79. The lowest BCUT2D eigenvalue weighted by Gasteiger charge is -2.27. The van der Waals surface area contributed by atoms with Crippen molar-refractivity contribution >= 4 is 28.4 Å². The number of nitrogens with one attached hydrogen (secondary N) is 2. The van der Waals surface area contributed by atoms with E-state index in [0.717, 1.165) is 48.6 Å². The van der Waals surface area contributed by atoms with Gasteiger partial charge in [0.05, 0.1) is 22.8 Å². The SMILES string of the molecule is N#Cc1ccc(Nc2ncnc3ccc(-c4ccc(C(=O)N5CCNCC5)cc4)nc23)cc1. The highest BCUT2D eigenvalue weighted by Crippen LogP contribution is 2.26. The molecule has 33 heavy (non-hydrogen) atoms. The number of rotatable bonds is 4. The predicted molar refractivity (Wildman–Crippen MR) is 126 cm³/mol. The van der Waals surface area contributed by atoms with E-state index in [0.29, 0.717) is 22.5 Å². The van der Waals surface area contributed by atoms with Crippen molar-refractivity contribution in [1.82, 2.24) is 25.2 Å². The number of hydrogen-bond donors (Lipinski definition) is 2. The summed E-state index contributed by atoms with van der Waals surface area (Å²) in [7, 11) is 0. The zero-order chi connectivity index (χ0) is 22.6. The van der Waals surface area contributed by atoms with E-state index in [-0.39, 0.29) is 5.91 Å². The molecule has 1 aliphatic rings.